The fourth-order valence-corrected chi connectivity index (χ4v) is 1.98. The summed E-state index contributed by atoms with van der Waals surface area (Å²) in [6.07, 6.45) is 0. The van der Waals surface area contributed by atoms with Gasteiger partial charge in [-0.3, -0.25) is 12.9 Å². The van der Waals surface area contributed by atoms with Crippen LogP contribution in [0.2, 0.25) is 0 Å². The first kappa shape index (κ1) is 11.3. The van der Waals surface area contributed by atoms with Crippen LogP contribution in [-0.4, -0.2) is 30.5 Å². The van der Waals surface area contributed by atoms with Crippen LogP contribution in [0, 0.1) is 0 Å². The average molecular weight is 293 g/mol. The molecule has 7 heteroatoms. The minimum Gasteiger partial charge on any atom is -0.298 e. The van der Waals surface area contributed by atoms with Crippen LogP contribution in [0.15, 0.2) is 0 Å². The lowest BCUT2D eigenvalue weighted by Gasteiger charge is -2.07. The lowest BCUT2D eigenvalue weighted by molar-refractivity contribution is -0.116. The summed E-state index contributed by atoms with van der Waals surface area (Å²) >= 11 is 1.70. The van der Waals surface area contributed by atoms with Gasteiger partial charge in [0.1, 0.15) is 0 Å². The van der Waals surface area contributed by atoms with E-state index in [2.05, 4.69) is 3.53 Å². The third-order valence-electron chi connectivity index (χ3n) is 1.08. The molecule has 0 radical (unpaired) electrons. The highest BCUT2D eigenvalue weighted by atomic mass is 127. The number of carbonyl (C=O) groups excluding carboxylic acids is 1. The van der Waals surface area contributed by atoms with Crippen LogP contribution < -0.4 is 3.53 Å². The zero-order chi connectivity index (χ0) is 9.07. The Morgan fingerprint density at radius 2 is 2.18 bits per heavy atom. The van der Waals surface area contributed by atoms with Crippen LogP contribution >= 0.6 is 22.9 Å². The number of nitrogens with one attached hydrogen (secondary N) is 1. The molecule has 0 aromatic rings. The van der Waals surface area contributed by atoms with Crippen molar-refractivity contribution in [3.05, 3.63) is 0 Å². The Labute approximate surface area is 78.8 Å². The topological polar surface area (TPSA) is 83.5 Å². The molecule has 0 aromatic heterocycles. The summed E-state index contributed by atoms with van der Waals surface area (Å²) in [5.41, 5.74) is 0. The first-order chi connectivity index (χ1) is 4.89. The van der Waals surface area contributed by atoms with Gasteiger partial charge in [0.05, 0.1) is 0 Å². The van der Waals surface area contributed by atoms with Gasteiger partial charge in [0.15, 0.2) is 11.0 Å². The molecule has 0 aliphatic rings. The largest absolute Gasteiger partial charge is 0.298 e. The van der Waals surface area contributed by atoms with E-state index in [4.69, 9.17) is 4.55 Å². The highest BCUT2D eigenvalue weighted by Crippen LogP contribution is 1.99. The van der Waals surface area contributed by atoms with Crippen molar-refractivity contribution in [2.45, 2.75) is 12.2 Å². The summed E-state index contributed by atoms with van der Waals surface area (Å²) in [5.74, 6) is -0.573. The van der Waals surface area contributed by atoms with Crippen molar-refractivity contribution in [1.82, 2.24) is 3.53 Å². The number of hydrogen-bond acceptors (Lipinski definition) is 4. The maximum absolute atomic E-state index is 10.6. The molecule has 0 aliphatic heterocycles. The van der Waals surface area contributed by atoms with Gasteiger partial charge in [-0.2, -0.15) is 8.42 Å². The molecule has 5 nitrogen and oxygen atoms in total. The molecule has 0 fully saturated rings. The Morgan fingerprint density at radius 1 is 1.73 bits per heavy atom. The molecule has 11 heavy (non-hydrogen) atoms. The Morgan fingerprint density at radius 3 is 2.27 bits per heavy atom. The van der Waals surface area contributed by atoms with Gasteiger partial charge in [0.2, 0.25) is 0 Å². The van der Waals surface area contributed by atoms with Gasteiger partial charge in [0.25, 0.3) is 10.1 Å². The predicted octanol–water partition coefficient (Wildman–Crippen LogP) is -0.229. The van der Waals surface area contributed by atoms with Crippen LogP contribution in [-0.2, 0) is 14.9 Å². The molecular weight excluding hydrogens is 285 g/mol. The number of hydrogen-bond donors (Lipinski definition) is 2. The second-order valence-corrected chi connectivity index (χ2v) is 4.31. The third-order valence-corrected chi connectivity index (χ3v) is 2.73. The summed E-state index contributed by atoms with van der Waals surface area (Å²) in [7, 11) is -4.24. The minimum absolute atomic E-state index is 0.0747. The molecule has 0 amide bonds. The molecule has 0 aromatic carbocycles. The Hall–Kier alpha value is 0.270. The molecule has 0 heterocycles. The van der Waals surface area contributed by atoms with E-state index in [1.54, 1.807) is 22.9 Å². The van der Waals surface area contributed by atoms with E-state index >= 15 is 0 Å². The van der Waals surface area contributed by atoms with Crippen LogP contribution in [0.4, 0.5) is 0 Å². The van der Waals surface area contributed by atoms with E-state index in [9.17, 15) is 13.2 Å². The monoisotopic (exact) mass is 293 g/mol. The smallest absolute Gasteiger partial charge is 0.276 e. The van der Waals surface area contributed by atoms with Crippen molar-refractivity contribution < 1.29 is 17.8 Å². The molecule has 0 spiro atoms. The summed E-state index contributed by atoms with van der Waals surface area (Å²) < 4.78 is 31.9. The standard InChI is InChI=1S/C4H8INO4S/c1-3(7)4(2-6-5)11(8,9)10/h4,6H,2H2,1H3,(H,8,9,10). The zero-order valence-corrected chi connectivity index (χ0v) is 8.72. The van der Waals surface area contributed by atoms with Crippen LogP contribution in [0.5, 0.6) is 0 Å². The Bertz CT molecular complexity index is 236. The molecule has 0 saturated carbocycles. The number of rotatable bonds is 4. The Balaban J connectivity index is 4.49. The van der Waals surface area contributed by atoms with E-state index < -0.39 is 21.2 Å². The molecule has 1 unspecified atom stereocenters. The van der Waals surface area contributed by atoms with Crippen LogP contribution in [0.1, 0.15) is 6.92 Å². The summed E-state index contributed by atoms with van der Waals surface area (Å²) in [6, 6.07) is 0. The van der Waals surface area contributed by atoms with Crippen molar-refractivity contribution in [3.8, 4) is 0 Å². The van der Waals surface area contributed by atoms with E-state index in [0.717, 1.165) is 6.92 Å². The minimum atomic E-state index is -4.24. The van der Waals surface area contributed by atoms with Gasteiger partial charge < -0.3 is 0 Å². The maximum atomic E-state index is 10.6. The molecule has 66 valence electrons. The summed E-state index contributed by atoms with van der Waals surface area (Å²) in [4.78, 5) is 10.6. The van der Waals surface area contributed by atoms with Crippen LogP contribution in [0.25, 0.3) is 0 Å². The van der Waals surface area contributed by atoms with Crippen LogP contribution in [0.3, 0.4) is 0 Å². The van der Waals surface area contributed by atoms with Gasteiger partial charge in [-0.1, -0.05) is 0 Å². The average Bonchev–Trinajstić information content (AvgIpc) is 1.79. The maximum Gasteiger partial charge on any atom is 0.276 e. The third kappa shape index (κ3) is 3.99. The molecular formula is C4H8INO4S. The van der Waals surface area contributed by atoms with Crippen molar-refractivity contribution in [2.75, 3.05) is 6.54 Å². The van der Waals surface area contributed by atoms with Gasteiger partial charge >= 0.3 is 0 Å². The van der Waals surface area contributed by atoms with E-state index in [1.807, 2.05) is 0 Å². The molecule has 2 N–H and O–H groups in total. The highest BCUT2D eigenvalue weighted by molar-refractivity contribution is 14.1. The Kier molecular flexibility index (Phi) is 4.44. The van der Waals surface area contributed by atoms with Gasteiger partial charge in [-0.15, -0.1) is 0 Å². The zero-order valence-electron chi connectivity index (χ0n) is 5.74. The molecule has 0 rings (SSSR count). The van der Waals surface area contributed by atoms with Gasteiger partial charge in [-0.25, -0.2) is 0 Å². The molecule has 0 saturated heterocycles. The number of ketones is 1. The number of halogens is 1. The van der Waals surface area contributed by atoms with E-state index in [0.29, 0.717) is 0 Å². The first-order valence-corrected chi connectivity index (χ1v) is 5.28. The summed E-state index contributed by atoms with van der Waals surface area (Å²) in [6.45, 7) is 1.04. The molecule has 0 bridgehead atoms. The predicted molar refractivity (Wildman–Crippen MR) is 48.0 cm³/mol. The number of Topliss-reactive ketones (excluding diaryl/α,β-unsaturated/α-hetero) is 1. The number of carbonyl (C=O) groups is 1. The van der Waals surface area contributed by atoms with Gasteiger partial charge in [-0.05, 0) is 6.92 Å². The van der Waals surface area contributed by atoms with Crippen molar-refractivity contribution in [2.24, 2.45) is 0 Å². The SMILES string of the molecule is CC(=O)C(CNI)S(=O)(=O)O. The quantitative estimate of drug-likeness (QED) is 0.425. The second kappa shape index (κ2) is 4.33. The fourth-order valence-electron chi connectivity index (χ4n) is 0.529. The molecule has 1 atom stereocenters. The molecule has 0 aliphatic carbocycles. The highest BCUT2D eigenvalue weighted by Gasteiger charge is 2.26. The second-order valence-electron chi connectivity index (χ2n) is 1.95. The van der Waals surface area contributed by atoms with Gasteiger partial charge in [0, 0.05) is 29.4 Å². The van der Waals surface area contributed by atoms with E-state index in [-0.39, 0.29) is 6.54 Å². The van der Waals surface area contributed by atoms with Crippen molar-refractivity contribution in [3.63, 3.8) is 0 Å². The normalized spacial score (nSPS) is 14.5. The first-order valence-electron chi connectivity index (χ1n) is 2.70. The fraction of sp³-hybridized carbons (Fsp3) is 0.750. The van der Waals surface area contributed by atoms with Crippen molar-refractivity contribution >= 4 is 38.8 Å². The lowest BCUT2D eigenvalue weighted by atomic mass is 10.3. The summed E-state index contributed by atoms with van der Waals surface area (Å²) in [5, 5.41) is -1.35. The van der Waals surface area contributed by atoms with E-state index in [1.165, 1.54) is 0 Å². The van der Waals surface area contributed by atoms with Crippen molar-refractivity contribution in [1.29, 1.82) is 0 Å². The lowest BCUT2D eigenvalue weighted by Crippen LogP contribution is -2.35.